The van der Waals surface area contributed by atoms with Crippen LogP contribution in [0.5, 0.6) is 0 Å². The monoisotopic (exact) mass is 226 g/mol. The largest absolute Gasteiger partial charge is 0.355 e. The summed E-state index contributed by atoms with van der Waals surface area (Å²) >= 11 is 0. The second kappa shape index (κ2) is 9.21. The molecule has 0 saturated heterocycles. The van der Waals surface area contributed by atoms with E-state index in [-0.39, 0.29) is 0 Å². The summed E-state index contributed by atoms with van der Waals surface area (Å²) in [4.78, 5) is 6.46. The van der Waals surface area contributed by atoms with Gasteiger partial charge in [0.1, 0.15) is 0 Å². The number of aliphatic imine (C=N–C) groups is 1. The molecule has 0 bridgehead atoms. The Morgan fingerprint density at radius 2 is 2.19 bits per heavy atom. The van der Waals surface area contributed by atoms with Crippen LogP contribution >= 0.6 is 0 Å². The lowest BCUT2D eigenvalue weighted by molar-refractivity contribution is 0.256. The van der Waals surface area contributed by atoms with E-state index >= 15 is 0 Å². The Morgan fingerprint density at radius 1 is 1.50 bits per heavy atom. The normalized spacial score (nSPS) is 13.7. The fourth-order valence-corrected chi connectivity index (χ4v) is 1.27. The highest BCUT2D eigenvalue weighted by atomic mass is 15.2. The molecule has 4 heteroatoms. The van der Waals surface area contributed by atoms with Crippen LogP contribution in [0.25, 0.3) is 0 Å². The van der Waals surface area contributed by atoms with Crippen molar-refractivity contribution in [1.29, 1.82) is 0 Å². The first-order valence-corrected chi connectivity index (χ1v) is 5.91. The highest BCUT2D eigenvalue weighted by Gasteiger charge is 2.05. The minimum absolute atomic E-state index is 0.630. The number of guanidine groups is 1. The Kier molecular flexibility index (Phi) is 8.62. The van der Waals surface area contributed by atoms with Crippen molar-refractivity contribution in [3.8, 4) is 0 Å². The third kappa shape index (κ3) is 6.45. The number of rotatable bonds is 7. The van der Waals surface area contributed by atoms with Crippen molar-refractivity contribution < 1.29 is 0 Å². The molecule has 0 rings (SSSR count). The molecule has 0 aromatic rings. The fourth-order valence-electron chi connectivity index (χ4n) is 1.27. The zero-order valence-electron chi connectivity index (χ0n) is 11.1. The Hall–Kier alpha value is -1.03. The van der Waals surface area contributed by atoms with Gasteiger partial charge in [-0.05, 0) is 20.4 Å². The van der Waals surface area contributed by atoms with E-state index in [0.717, 1.165) is 25.6 Å². The van der Waals surface area contributed by atoms with E-state index in [9.17, 15) is 0 Å². The Labute approximate surface area is 99.8 Å². The third-order valence-electron chi connectivity index (χ3n) is 2.74. The molecule has 0 fully saturated rings. The smallest absolute Gasteiger partial charge is 0.191 e. The maximum atomic E-state index is 4.12. The van der Waals surface area contributed by atoms with Crippen LogP contribution in [0.2, 0.25) is 0 Å². The van der Waals surface area contributed by atoms with Crippen LogP contribution in [0.3, 0.4) is 0 Å². The molecular weight excluding hydrogens is 200 g/mol. The molecule has 2 N–H and O–H groups in total. The van der Waals surface area contributed by atoms with Crippen LogP contribution in [-0.4, -0.2) is 50.6 Å². The van der Waals surface area contributed by atoms with Crippen LogP contribution in [0.4, 0.5) is 0 Å². The fraction of sp³-hybridized carbons (Fsp3) is 0.750. The minimum Gasteiger partial charge on any atom is -0.355 e. The van der Waals surface area contributed by atoms with Crippen molar-refractivity contribution in [1.82, 2.24) is 15.5 Å². The summed E-state index contributed by atoms with van der Waals surface area (Å²) in [5.74, 6) is 0.831. The maximum absolute atomic E-state index is 4.12. The summed E-state index contributed by atoms with van der Waals surface area (Å²) in [7, 11) is 3.92. The van der Waals surface area contributed by atoms with Crippen molar-refractivity contribution >= 4 is 5.96 Å². The molecule has 0 heterocycles. The number of likely N-dealkylation sites (N-methyl/N-ethyl adjacent to an activating group) is 1. The van der Waals surface area contributed by atoms with Gasteiger partial charge in [0.15, 0.2) is 5.96 Å². The van der Waals surface area contributed by atoms with Crippen LogP contribution in [-0.2, 0) is 0 Å². The quantitative estimate of drug-likeness (QED) is 0.387. The third-order valence-corrected chi connectivity index (χ3v) is 2.74. The highest BCUT2D eigenvalue weighted by molar-refractivity contribution is 5.79. The molecule has 4 nitrogen and oxygen atoms in total. The molecule has 94 valence electrons. The van der Waals surface area contributed by atoms with E-state index in [1.807, 2.05) is 6.08 Å². The van der Waals surface area contributed by atoms with Crippen molar-refractivity contribution in [3.05, 3.63) is 12.7 Å². The number of nitrogens with zero attached hydrogens (tertiary/aromatic N) is 2. The molecule has 0 aliphatic rings. The van der Waals surface area contributed by atoms with Gasteiger partial charge in [-0.25, -0.2) is 0 Å². The summed E-state index contributed by atoms with van der Waals surface area (Å²) in [5.41, 5.74) is 0. The molecule has 16 heavy (non-hydrogen) atoms. The summed E-state index contributed by atoms with van der Waals surface area (Å²) in [6, 6.07) is 0.630. The first kappa shape index (κ1) is 15.0. The number of hydrogen-bond acceptors (Lipinski definition) is 2. The molecule has 0 aromatic carbocycles. The number of nitrogens with one attached hydrogen (secondary N) is 2. The van der Waals surface area contributed by atoms with Gasteiger partial charge in [0.2, 0.25) is 0 Å². The Morgan fingerprint density at radius 3 is 2.69 bits per heavy atom. The zero-order valence-corrected chi connectivity index (χ0v) is 11.1. The summed E-state index contributed by atoms with van der Waals surface area (Å²) < 4.78 is 0. The van der Waals surface area contributed by atoms with E-state index < -0.39 is 0 Å². The molecule has 0 radical (unpaired) electrons. The molecule has 0 aromatic heterocycles. The molecule has 0 aliphatic heterocycles. The summed E-state index contributed by atoms with van der Waals surface area (Å²) in [6.45, 7) is 10.8. The standard InChI is InChI=1S/C12H26N4/c1-6-8-14-12(13-4)15-9-10-16(5)11(3)7-2/h6,11H,1,7-10H2,2-5H3,(H2,13,14,15). The molecular formula is C12H26N4. The second-order valence-corrected chi connectivity index (χ2v) is 3.91. The predicted octanol–water partition coefficient (Wildman–Crippen LogP) is 1.07. The lowest BCUT2D eigenvalue weighted by atomic mass is 10.2. The van der Waals surface area contributed by atoms with Crippen LogP contribution in [0.1, 0.15) is 20.3 Å². The average Bonchev–Trinajstić information content (AvgIpc) is 2.32. The molecule has 0 spiro atoms. The average molecular weight is 226 g/mol. The van der Waals surface area contributed by atoms with Gasteiger partial charge in [-0.15, -0.1) is 6.58 Å². The van der Waals surface area contributed by atoms with Gasteiger partial charge in [-0.1, -0.05) is 13.0 Å². The van der Waals surface area contributed by atoms with Crippen molar-refractivity contribution in [3.63, 3.8) is 0 Å². The Bertz CT molecular complexity index is 213. The van der Waals surface area contributed by atoms with Gasteiger partial charge in [0.05, 0.1) is 0 Å². The van der Waals surface area contributed by atoms with E-state index in [1.165, 1.54) is 6.42 Å². The van der Waals surface area contributed by atoms with Gasteiger partial charge >= 0.3 is 0 Å². The predicted molar refractivity (Wildman–Crippen MR) is 71.9 cm³/mol. The van der Waals surface area contributed by atoms with Gasteiger partial charge in [-0.2, -0.15) is 0 Å². The molecule has 0 amide bonds. The van der Waals surface area contributed by atoms with Crippen molar-refractivity contribution in [2.45, 2.75) is 26.3 Å². The van der Waals surface area contributed by atoms with Crippen molar-refractivity contribution in [2.24, 2.45) is 4.99 Å². The summed E-state index contributed by atoms with van der Waals surface area (Å²) in [6.07, 6.45) is 3.00. The first-order valence-electron chi connectivity index (χ1n) is 5.91. The van der Waals surface area contributed by atoms with Gasteiger partial charge in [0, 0.05) is 32.7 Å². The van der Waals surface area contributed by atoms with E-state index in [0.29, 0.717) is 6.04 Å². The lowest BCUT2D eigenvalue weighted by Gasteiger charge is -2.23. The second-order valence-electron chi connectivity index (χ2n) is 3.91. The lowest BCUT2D eigenvalue weighted by Crippen LogP contribution is -2.42. The molecule has 1 atom stereocenters. The van der Waals surface area contributed by atoms with Gasteiger partial charge in [0.25, 0.3) is 0 Å². The van der Waals surface area contributed by atoms with Crippen LogP contribution < -0.4 is 10.6 Å². The molecule has 0 saturated carbocycles. The Balaban J connectivity index is 3.74. The zero-order chi connectivity index (χ0) is 12.4. The molecule has 0 aliphatic carbocycles. The topological polar surface area (TPSA) is 39.7 Å². The first-order chi connectivity index (χ1) is 7.65. The van der Waals surface area contributed by atoms with E-state index in [4.69, 9.17) is 0 Å². The van der Waals surface area contributed by atoms with E-state index in [1.54, 1.807) is 7.05 Å². The maximum Gasteiger partial charge on any atom is 0.191 e. The SMILES string of the molecule is C=CCNC(=NC)NCCN(C)C(C)CC. The van der Waals surface area contributed by atoms with Crippen molar-refractivity contribution in [2.75, 3.05) is 33.7 Å². The highest BCUT2D eigenvalue weighted by Crippen LogP contribution is 1.97. The van der Waals surface area contributed by atoms with Crippen LogP contribution in [0.15, 0.2) is 17.6 Å². The summed E-state index contributed by atoms with van der Waals surface area (Å²) in [5, 5.41) is 6.40. The molecule has 1 unspecified atom stereocenters. The van der Waals surface area contributed by atoms with Gasteiger partial charge in [-0.3, -0.25) is 4.99 Å². The van der Waals surface area contributed by atoms with Crippen LogP contribution in [0, 0.1) is 0 Å². The number of hydrogen-bond donors (Lipinski definition) is 2. The minimum atomic E-state index is 0.630. The van der Waals surface area contributed by atoms with Gasteiger partial charge < -0.3 is 15.5 Å². The van der Waals surface area contributed by atoms with E-state index in [2.05, 4.69) is 48.0 Å².